The van der Waals surface area contributed by atoms with Gasteiger partial charge in [0.05, 0.1) is 12.0 Å². The Hall–Kier alpha value is -0.610. The van der Waals surface area contributed by atoms with Crippen LogP contribution in [-0.2, 0) is 9.53 Å². The molecule has 15 heavy (non-hydrogen) atoms. The molecule has 0 spiro atoms. The highest BCUT2D eigenvalue weighted by molar-refractivity contribution is 5.79. The zero-order chi connectivity index (χ0) is 11.4. The van der Waals surface area contributed by atoms with Crippen molar-refractivity contribution in [1.82, 2.24) is 4.90 Å². The zero-order valence-corrected chi connectivity index (χ0v) is 9.90. The van der Waals surface area contributed by atoms with Crippen LogP contribution < -0.4 is 5.73 Å². The van der Waals surface area contributed by atoms with E-state index in [0.29, 0.717) is 19.1 Å². The molecule has 0 saturated carbocycles. The quantitative estimate of drug-likeness (QED) is 0.740. The molecule has 88 valence electrons. The van der Waals surface area contributed by atoms with Crippen LogP contribution in [0.15, 0.2) is 0 Å². The Morgan fingerprint density at radius 1 is 1.67 bits per heavy atom. The number of amides is 1. The number of hydrogen-bond acceptors (Lipinski definition) is 3. The van der Waals surface area contributed by atoms with Crippen LogP contribution in [0.5, 0.6) is 0 Å². The Balaban J connectivity index is 2.45. The second-order valence-electron chi connectivity index (χ2n) is 4.53. The van der Waals surface area contributed by atoms with Crippen LogP contribution in [0.25, 0.3) is 0 Å². The van der Waals surface area contributed by atoms with E-state index in [-0.39, 0.29) is 17.9 Å². The van der Waals surface area contributed by atoms with E-state index >= 15 is 0 Å². The van der Waals surface area contributed by atoms with Crippen LogP contribution in [-0.4, -0.2) is 43.7 Å². The van der Waals surface area contributed by atoms with Gasteiger partial charge in [-0.2, -0.15) is 0 Å². The maximum Gasteiger partial charge on any atom is 0.228 e. The van der Waals surface area contributed by atoms with Crippen molar-refractivity contribution in [2.75, 3.05) is 26.7 Å². The fourth-order valence-electron chi connectivity index (χ4n) is 1.97. The first kappa shape index (κ1) is 12.5. The monoisotopic (exact) mass is 214 g/mol. The minimum Gasteiger partial charge on any atom is -0.378 e. The van der Waals surface area contributed by atoms with Gasteiger partial charge in [0.15, 0.2) is 0 Å². The van der Waals surface area contributed by atoms with Crippen molar-refractivity contribution in [2.24, 2.45) is 17.6 Å². The summed E-state index contributed by atoms with van der Waals surface area (Å²) in [6, 6.07) is 0. The predicted octanol–water partition coefficient (Wildman–Crippen LogP) is 0.465. The molecule has 1 heterocycles. The maximum absolute atomic E-state index is 12.0. The van der Waals surface area contributed by atoms with E-state index in [2.05, 4.69) is 6.92 Å². The molecular formula is C11H22N2O2. The van der Waals surface area contributed by atoms with Gasteiger partial charge in [0.1, 0.15) is 0 Å². The second-order valence-corrected chi connectivity index (χ2v) is 4.53. The lowest BCUT2D eigenvalue weighted by atomic mass is 10.0. The molecule has 1 amide bonds. The van der Waals surface area contributed by atoms with Gasteiger partial charge < -0.3 is 15.4 Å². The second kappa shape index (κ2) is 5.47. The van der Waals surface area contributed by atoms with Crippen molar-refractivity contribution in [3.05, 3.63) is 0 Å². The number of carbonyl (C=O) groups excluding carboxylic acids is 1. The van der Waals surface area contributed by atoms with Crippen LogP contribution in [0.1, 0.15) is 20.3 Å². The summed E-state index contributed by atoms with van der Waals surface area (Å²) in [5.74, 6) is 0.594. The average Bonchev–Trinajstić information content (AvgIpc) is 2.63. The molecule has 2 N–H and O–H groups in total. The SMILES string of the molecule is CC(CN)CN(C)C(=O)C1CCOC1C. The van der Waals surface area contributed by atoms with Crippen molar-refractivity contribution in [3.8, 4) is 0 Å². The van der Waals surface area contributed by atoms with Crippen molar-refractivity contribution >= 4 is 5.91 Å². The number of ether oxygens (including phenoxy) is 1. The summed E-state index contributed by atoms with van der Waals surface area (Å²) in [6.45, 7) is 6.08. The number of hydrogen-bond donors (Lipinski definition) is 1. The van der Waals surface area contributed by atoms with E-state index in [4.69, 9.17) is 10.5 Å². The van der Waals surface area contributed by atoms with Gasteiger partial charge in [0, 0.05) is 20.2 Å². The molecule has 1 saturated heterocycles. The van der Waals surface area contributed by atoms with E-state index in [1.54, 1.807) is 4.90 Å². The Bertz CT molecular complexity index is 221. The Kier molecular flexibility index (Phi) is 4.54. The molecule has 0 aliphatic carbocycles. The molecule has 0 bridgehead atoms. The van der Waals surface area contributed by atoms with Gasteiger partial charge in [-0.15, -0.1) is 0 Å². The predicted molar refractivity (Wildman–Crippen MR) is 59.4 cm³/mol. The summed E-state index contributed by atoms with van der Waals surface area (Å²) in [7, 11) is 1.85. The lowest BCUT2D eigenvalue weighted by Gasteiger charge is -2.24. The normalized spacial score (nSPS) is 27.7. The van der Waals surface area contributed by atoms with E-state index in [1.165, 1.54) is 0 Å². The van der Waals surface area contributed by atoms with Crippen LogP contribution in [0, 0.1) is 11.8 Å². The summed E-state index contributed by atoms with van der Waals surface area (Å²) in [5, 5.41) is 0. The Morgan fingerprint density at radius 2 is 2.33 bits per heavy atom. The summed E-state index contributed by atoms with van der Waals surface area (Å²) in [4.78, 5) is 13.8. The van der Waals surface area contributed by atoms with E-state index in [1.807, 2.05) is 14.0 Å². The summed E-state index contributed by atoms with van der Waals surface area (Å²) < 4.78 is 5.40. The molecule has 4 nitrogen and oxygen atoms in total. The van der Waals surface area contributed by atoms with Crippen molar-refractivity contribution in [2.45, 2.75) is 26.4 Å². The minimum absolute atomic E-state index is 0.0416. The van der Waals surface area contributed by atoms with Gasteiger partial charge in [0.2, 0.25) is 5.91 Å². The molecule has 0 radical (unpaired) electrons. The van der Waals surface area contributed by atoms with Crippen LogP contribution in [0.4, 0.5) is 0 Å². The summed E-state index contributed by atoms with van der Waals surface area (Å²) >= 11 is 0. The first-order valence-corrected chi connectivity index (χ1v) is 5.63. The third kappa shape index (κ3) is 3.18. The van der Waals surface area contributed by atoms with E-state index in [9.17, 15) is 4.79 Å². The molecule has 3 atom stereocenters. The van der Waals surface area contributed by atoms with Crippen LogP contribution >= 0.6 is 0 Å². The molecule has 0 aromatic heterocycles. The fraction of sp³-hybridized carbons (Fsp3) is 0.909. The van der Waals surface area contributed by atoms with E-state index in [0.717, 1.165) is 13.0 Å². The molecule has 3 unspecified atom stereocenters. The number of nitrogens with zero attached hydrogens (tertiary/aromatic N) is 1. The molecule has 0 aromatic carbocycles. The van der Waals surface area contributed by atoms with Gasteiger partial charge >= 0.3 is 0 Å². The minimum atomic E-state index is 0.0416. The van der Waals surface area contributed by atoms with Gasteiger partial charge in [-0.1, -0.05) is 6.92 Å². The summed E-state index contributed by atoms with van der Waals surface area (Å²) in [5.41, 5.74) is 5.54. The molecule has 0 aromatic rings. The standard InChI is InChI=1S/C11H22N2O2/c1-8(6-12)7-13(3)11(14)10-4-5-15-9(10)2/h8-10H,4-7,12H2,1-3H3. The topological polar surface area (TPSA) is 55.6 Å². The average molecular weight is 214 g/mol. The largest absolute Gasteiger partial charge is 0.378 e. The highest BCUT2D eigenvalue weighted by atomic mass is 16.5. The van der Waals surface area contributed by atoms with Gasteiger partial charge in [0.25, 0.3) is 0 Å². The number of carbonyl (C=O) groups is 1. The molecule has 1 aliphatic heterocycles. The molecule has 1 rings (SSSR count). The number of nitrogens with two attached hydrogens (primary N) is 1. The van der Waals surface area contributed by atoms with Crippen molar-refractivity contribution in [3.63, 3.8) is 0 Å². The van der Waals surface area contributed by atoms with Gasteiger partial charge in [-0.3, -0.25) is 4.79 Å². The van der Waals surface area contributed by atoms with E-state index < -0.39 is 0 Å². The Labute approximate surface area is 91.8 Å². The first-order valence-electron chi connectivity index (χ1n) is 5.63. The zero-order valence-electron chi connectivity index (χ0n) is 9.90. The molecule has 1 aliphatic rings. The van der Waals surface area contributed by atoms with Crippen LogP contribution in [0.2, 0.25) is 0 Å². The van der Waals surface area contributed by atoms with Gasteiger partial charge in [-0.05, 0) is 25.8 Å². The lowest BCUT2D eigenvalue weighted by Crippen LogP contribution is -2.39. The Morgan fingerprint density at radius 3 is 2.80 bits per heavy atom. The lowest BCUT2D eigenvalue weighted by molar-refractivity contribution is -0.136. The third-order valence-corrected chi connectivity index (χ3v) is 3.06. The highest BCUT2D eigenvalue weighted by Crippen LogP contribution is 2.22. The highest BCUT2D eigenvalue weighted by Gasteiger charge is 2.32. The molecular weight excluding hydrogens is 192 g/mol. The molecule has 1 fully saturated rings. The smallest absolute Gasteiger partial charge is 0.228 e. The molecule has 4 heteroatoms. The first-order chi connectivity index (χ1) is 7.06. The number of rotatable bonds is 4. The fourth-order valence-corrected chi connectivity index (χ4v) is 1.97. The van der Waals surface area contributed by atoms with Gasteiger partial charge in [-0.25, -0.2) is 0 Å². The maximum atomic E-state index is 12.0. The van der Waals surface area contributed by atoms with Crippen molar-refractivity contribution < 1.29 is 9.53 Å². The third-order valence-electron chi connectivity index (χ3n) is 3.06. The van der Waals surface area contributed by atoms with Crippen LogP contribution in [0.3, 0.4) is 0 Å². The summed E-state index contributed by atoms with van der Waals surface area (Å²) in [6.07, 6.45) is 0.912. The van der Waals surface area contributed by atoms with Crippen molar-refractivity contribution in [1.29, 1.82) is 0 Å².